The van der Waals surface area contributed by atoms with Gasteiger partial charge in [-0.05, 0) is 12.2 Å². The summed E-state index contributed by atoms with van der Waals surface area (Å²) in [6.45, 7) is 0.408. The molecule has 2 aromatic rings. The molecule has 0 saturated heterocycles. The summed E-state index contributed by atoms with van der Waals surface area (Å²) in [5.74, 6) is 0.226. The molecule has 9 nitrogen and oxygen atoms in total. The van der Waals surface area contributed by atoms with Crippen molar-refractivity contribution in [3.05, 3.63) is 28.4 Å². The van der Waals surface area contributed by atoms with Crippen LogP contribution >= 0.6 is 11.8 Å². The Bertz CT molecular complexity index is 731. The molecular formula is C14H21N5O4S. The molecule has 2 heterocycles. The quantitative estimate of drug-likeness (QED) is 0.303. The minimum Gasteiger partial charge on any atom is -0.480 e. The summed E-state index contributed by atoms with van der Waals surface area (Å²) >= 11 is 1.53. The number of aliphatic carboxylic acids is 1. The van der Waals surface area contributed by atoms with Crippen LogP contribution in [0.3, 0.4) is 0 Å². The van der Waals surface area contributed by atoms with Crippen molar-refractivity contribution >= 4 is 28.8 Å². The number of nitrogens with zero attached hydrogens (tertiary/aromatic N) is 1. The van der Waals surface area contributed by atoms with Gasteiger partial charge in [0.15, 0.2) is 0 Å². The van der Waals surface area contributed by atoms with Gasteiger partial charge >= 0.3 is 5.97 Å². The van der Waals surface area contributed by atoms with Gasteiger partial charge in [0.05, 0.1) is 18.5 Å². The van der Waals surface area contributed by atoms with Gasteiger partial charge in [-0.2, -0.15) is 11.8 Å². The Hall–Kier alpha value is -1.88. The van der Waals surface area contributed by atoms with E-state index >= 15 is 0 Å². The molecule has 0 unspecified atom stereocenters. The Balaban J connectivity index is 1.81. The molecular weight excluding hydrogens is 334 g/mol. The van der Waals surface area contributed by atoms with Crippen LogP contribution in [0.15, 0.2) is 17.3 Å². The van der Waals surface area contributed by atoms with E-state index in [-0.39, 0.29) is 18.2 Å². The van der Waals surface area contributed by atoms with E-state index in [0.29, 0.717) is 35.5 Å². The third-order valence-corrected chi connectivity index (χ3v) is 4.72. The van der Waals surface area contributed by atoms with Crippen molar-refractivity contribution < 1.29 is 15.0 Å². The first-order chi connectivity index (χ1) is 11.5. The first-order valence-corrected chi connectivity index (χ1v) is 8.62. The van der Waals surface area contributed by atoms with Crippen molar-refractivity contribution in [2.24, 2.45) is 5.73 Å². The topological polar surface area (TPSA) is 157 Å². The number of hydrogen-bond acceptors (Lipinski definition) is 7. The molecule has 2 atom stereocenters. The predicted molar refractivity (Wildman–Crippen MR) is 92.0 cm³/mol. The highest BCUT2D eigenvalue weighted by atomic mass is 32.2. The fourth-order valence-electron chi connectivity index (χ4n) is 2.13. The molecule has 10 heteroatoms. The van der Waals surface area contributed by atoms with Crippen molar-refractivity contribution in [1.82, 2.24) is 20.3 Å². The Morgan fingerprint density at radius 1 is 1.46 bits per heavy atom. The molecule has 0 saturated carbocycles. The minimum atomic E-state index is -1.01. The molecule has 2 aromatic heterocycles. The Labute approximate surface area is 142 Å². The zero-order valence-corrected chi connectivity index (χ0v) is 13.8. The van der Waals surface area contributed by atoms with E-state index in [1.54, 1.807) is 6.20 Å². The molecule has 0 aliphatic rings. The molecule has 0 aromatic carbocycles. The number of carbonyl (C=O) groups is 1. The first-order valence-electron chi connectivity index (χ1n) is 7.47. The second kappa shape index (κ2) is 8.83. The predicted octanol–water partition coefficient (Wildman–Crippen LogP) is -0.763. The van der Waals surface area contributed by atoms with E-state index in [2.05, 4.69) is 20.3 Å². The molecule has 24 heavy (non-hydrogen) atoms. The molecule has 7 N–H and O–H groups in total. The van der Waals surface area contributed by atoms with Crippen LogP contribution in [-0.4, -0.2) is 61.3 Å². The number of carboxylic acids is 1. The van der Waals surface area contributed by atoms with Gasteiger partial charge in [0.1, 0.15) is 11.6 Å². The summed E-state index contributed by atoms with van der Waals surface area (Å²) in [6.07, 6.45) is 3.45. The molecule has 2 rings (SSSR count). The molecule has 0 amide bonds. The highest BCUT2D eigenvalue weighted by molar-refractivity contribution is 7.99. The minimum absolute atomic E-state index is 0.0473. The number of carboxylic acid groups (broad SMARTS) is 1. The first kappa shape index (κ1) is 18.5. The van der Waals surface area contributed by atoms with Crippen molar-refractivity contribution in [1.29, 1.82) is 0 Å². The lowest BCUT2D eigenvalue weighted by atomic mass is 10.2. The summed E-state index contributed by atoms with van der Waals surface area (Å²) in [4.78, 5) is 31.8. The maximum Gasteiger partial charge on any atom is 0.320 e. The van der Waals surface area contributed by atoms with Crippen LogP contribution in [0.5, 0.6) is 0 Å². The molecule has 0 radical (unpaired) electrons. The van der Waals surface area contributed by atoms with E-state index in [1.165, 1.54) is 18.1 Å². The number of aliphatic hydroxyl groups excluding tert-OH is 1. The number of hydrogen-bond donors (Lipinski definition) is 6. The largest absolute Gasteiger partial charge is 0.480 e. The number of nitrogens with two attached hydrogens (primary N) is 1. The van der Waals surface area contributed by atoms with Gasteiger partial charge in [-0.1, -0.05) is 0 Å². The zero-order chi connectivity index (χ0) is 17.5. The average Bonchev–Trinajstić information content (AvgIpc) is 2.98. The number of rotatable bonds is 10. The number of nitrogens with one attached hydrogen (secondary N) is 3. The summed E-state index contributed by atoms with van der Waals surface area (Å²) < 4.78 is 0. The highest BCUT2D eigenvalue weighted by Crippen LogP contribution is 2.12. The molecule has 0 aliphatic heterocycles. The van der Waals surface area contributed by atoms with Gasteiger partial charge in [-0.25, -0.2) is 4.98 Å². The lowest BCUT2D eigenvalue weighted by Crippen LogP contribution is -2.35. The lowest BCUT2D eigenvalue weighted by molar-refractivity contribution is -0.138. The zero-order valence-electron chi connectivity index (χ0n) is 13.0. The second-order valence-electron chi connectivity index (χ2n) is 5.34. The van der Waals surface area contributed by atoms with Crippen molar-refractivity contribution in [2.75, 3.05) is 18.1 Å². The maximum atomic E-state index is 11.6. The van der Waals surface area contributed by atoms with Gasteiger partial charge in [0.2, 0.25) is 0 Å². The lowest BCUT2D eigenvalue weighted by Gasteiger charge is -2.16. The third-order valence-electron chi connectivity index (χ3n) is 3.56. The second-order valence-corrected chi connectivity index (χ2v) is 6.49. The standard InChI is InChI=1S/C14H21N5O4S/c15-10(14(22)23)1-2-24-6-9(5-20)16-3-8-4-17-12-11(8)18-7-19-13(12)21/h4,7,9-10,16-17,20H,1-3,5-6,15H2,(H,22,23)(H,18,19,21)/t9-,10+/m1/s1. The van der Waals surface area contributed by atoms with Crippen LogP contribution in [0.1, 0.15) is 12.0 Å². The van der Waals surface area contributed by atoms with Crippen molar-refractivity contribution in [3.63, 3.8) is 0 Å². The highest BCUT2D eigenvalue weighted by Gasteiger charge is 2.13. The Morgan fingerprint density at radius 2 is 2.25 bits per heavy atom. The molecule has 132 valence electrons. The third kappa shape index (κ3) is 4.81. The number of aromatic amines is 2. The number of aliphatic hydroxyl groups is 1. The van der Waals surface area contributed by atoms with E-state index in [1.807, 2.05) is 0 Å². The van der Waals surface area contributed by atoms with Crippen LogP contribution in [-0.2, 0) is 11.3 Å². The van der Waals surface area contributed by atoms with Gasteiger partial charge in [0, 0.05) is 30.1 Å². The molecule has 0 bridgehead atoms. The summed E-state index contributed by atoms with van der Waals surface area (Å²) in [5.41, 5.74) is 7.07. The van der Waals surface area contributed by atoms with E-state index < -0.39 is 12.0 Å². The van der Waals surface area contributed by atoms with Gasteiger partial charge in [0.25, 0.3) is 5.56 Å². The summed E-state index contributed by atoms with van der Waals surface area (Å²) in [6, 6.07) is -1.00. The normalized spacial score (nSPS) is 13.9. The van der Waals surface area contributed by atoms with E-state index in [4.69, 9.17) is 10.8 Å². The number of thioether (sulfide) groups is 1. The number of fused-ring (bicyclic) bond motifs is 1. The monoisotopic (exact) mass is 355 g/mol. The molecule has 0 spiro atoms. The van der Waals surface area contributed by atoms with E-state index in [9.17, 15) is 14.7 Å². The number of aromatic nitrogens is 3. The van der Waals surface area contributed by atoms with Gasteiger partial charge in [-0.3, -0.25) is 9.59 Å². The molecule has 0 aliphatic carbocycles. The van der Waals surface area contributed by atoms with E-state index in [0.717, 1.165) is 5.56 Å². The fourth-order valence-corrected chi connectivity index (χ4v) is 3.22. The van der Waals surface area contributed by atoms with Crippen LogP contribution in [0, 0.1) is 0 Å². The number of H-pyrrole nitrogens is 2. The average molecular weight is 355 g/mol. The summed E-state index contributed by atoms with van der Waals surface area (Å²) in [7, 11) is 0. The maximum absolute atomic E-state index is 11.6. The van der Waals surface area contributed by atoms with Crippen molar-refractivity contribution in [3.8, 4) is 0 Å². The SMILES string of the molecule is N[C@@H](CCSC[C@@H](CO)NCc1c[nH]c2c(=O)[nH]cnc12)C(=O)O. The Morgan fingerprint density at radius 3 is 2.96 bits per heavy atom. The van der Waals surface area contributed by atoms with Crippen LogP contribution in [0.2, 0.25) is 0 Å². The van der Waals surface area contributed by atoms with Gasteiger partial charge in [-0.15, -0.1) is 0 Å². The fraction of sp³-hybridized carbons (Fsp3) is 0.500. The van der Waals surface area contributed by atoms with Crippen LogP contribution in [0.4, 0.5) is 0 Å². The van der Waals surface area contributed by atoms with Crippen molar-refractivity contribution in [2.45, 2.75) is 25.0 Å². The smallest absolute Gasteiger partial charge is 0.320 e. The van der Waals surface area contributed by atoms with Crippen LogP contribution in [0.25, 0.3) is 11.0 Å². The summed E-state index contributed by atoms with van der Waals surface area (Å²) in [5, 5.41) is 21.4. The van der Waals surface area contributed by atoms with Crippen LogP contribution < -0.4 is 16.6 Å². The van der Waals surface area contributed by atoms with Gasteiger partial charge < -0.3 is 31.2 Å². The molecule has 0 fully saturated rings. The Kier molecular flexibility index (Phi) is 6.79.